The number of hydrogen-bond donors (Lipinski definition) is 1. The van der Waals surface area contributed by atoms with Gasteiger partial charge in [0.2, 0.25) is 5.91 Å². The standard InChI is InChI=1S/C22H24N2O4S/c1-22(2)18(24-20(26)14-7-5-6-8-15(14)21(24)29-22)19(25)23-12-13-9-10-16(27-3)17(11-13)28-4/h5-11,18,21H,12H2,1-4H3,(H,23,25)/t18-,21-/m0/s1. The fraction of sp³-hybridized carbons (Fsp3) is 0.364. The number of amides is 2. The molecule has 152 valence electrons. The van der Waals surface area contributed by atoms with Crippen LogP contribution in [0.25, 0.3) is 0 Å². The lowest BCUT2D eigenvalue weighted by atomic mass is 10.0. The quantitative estimate of drug-likeness (QED) is 0.816. The number of carbonyl (C=O) groups excluding carboxylic acids is 2. The molecule has 2 aromatic carbocycles. The predicted molar refractivity (Wildman–Crippen MR) is 112 cm³/mol. The van der Waals surface area contributed by atoms with E-state index in [0.717, 1.165) is 11.1 Å². The lowest BCUT2D eigenvalue weighted by molar-refractivity contribution is -0.126. The summed E-state index contributed by atoms with van der Waals surface area (Å²) in [6, 6.07) is 12.6. The number of hydrogen-bond acceptors (Lipinski definition) is 5. The Morgan fingerprint density at radius 3 is 2.59 bits per heavy atom. The number of nitrogens with one attached hydrogen (secondary N) is 1. The van der Waals surface area contributed by atoms with Crippen LogP contribution in [0.5, 0.6) is 11.5 Å². The summed E-state index contributed by atoms with van der Waals surface area (Å²) in [6.07, 6.45) is 0. The summed E-state index contributed by atoms with van der Waals surface area (Å²) in [5.74, 6) is 1.02. The molecule has 2 aromatic rings. The van der Waals surface area contributed by atoms with Gasteiger partial charge in [0.15, 0.2) is 11.5 Å². The Kier molecular flexibility index (Phi) is 4.94. The van der Waals surface area contributed by atoms with E-state index in [1.807, 2.05) is 56.3 Å². The monoisotopic (exact) mass is 412 g/mol. The first-order valence-corrected chi connectivity index (χ1v) is 10.3. The Balaban J connectivity index is 1.54. The maximum atomic E-state index is 13.2. The maximum Gasteiger partial charge on any atom is 0.256 e. The van der Waals surface area contributed by atoms with Gasteiger partial charge in [-0.3, -0.25) is 9.59 Å². The first-order chi connectivity index (χ1) is 13.9. The van der Waals surface area contributed by atoms with E-state index in [-0.39, 0.29) is 17.2 Å². The van der Waals surface area contributed by atoms with Gasteiger partial charge in [0.1, 0.15) is 11.4 Å². The zero-order chi connectivity index (χ0) is 20.8. The molecule has 2 aliphatic rings. The summed E-state index contributed by atoms with van der Waals surface area (Å²) >= 11 is 1.66. The van der Waals surface area contributed by atoms with Crippen LogP contribution in [0.4, 0.5) is 0 Å². The first kappa shape index (κ1) is 19.6. The highest BCUT2D eigenvalue weighted by atomic mass is 32.2. The highest BCUT2D eigenvalue weighted by Crippen LogP contribution is 2.56. The predicted octanol–water partition coefficient (Wildman–Crippen LogP) is 3.37. The number of nitrogens with zero attached hydrogens (tertiary/aromatic N) is 1. The Morgan fingerprint density at radius 1 is 1.14 bits per heavy atom. The van der Waals surface area contributed by atoms with E-state index in [1.165, 1.54) is 0 Å². The molecule has 2 atom stereocenters. The maximum absolute atomic E-state index is 13.2. The van der Waals surface area contributed by atoms with Gasteiger partial charge in [0.25, 0.3) is 5.91 Å². The summed E-state index contributed by atoms with van der Waals surface area (Å²) in [5, 5.41) is 2.88. The van der Waals surface area contributed by atoms with Gasteiger partial charge in [-0.05, 0) is 43.2 Å². The van der Waals surface area contributed by atoms with Gasteiger partial charge in [-0.1, -0.05) is 24.3 Å². The molecule has 1 saturated heterocycles. The SMILES string of the molecule is COc1ccc(CNC(=O)[C@@H]2N3C(=O)c4ccccc4[C@@H]3SC2(C)C)cc1OC. The molecule has 1 N–H and O–H groups in total. The second-order valence-corrected chi connectivity index (χ2v) is 9.42. The number of carbonyl (C=O) groups is 2. The minimum Gasteiger partial charge on any atom is -0.493 e. The van der Waals surface area contributed by atoms with Crippen molar-refractivity contribution in [2.24, 2.45) is 0 Å². The van der Waals surface area contributed by atoms with E-state index in [4.69, 9.17) is 9.47 Å². The van der Waals surface area contributed by atoms with E-state index in [9.17, 15) is 9.59 Å². The molecular formula is C22H24N2O4S. The third-order valence-electron chi connectivity index (χ3n) is 5.46. The van der Waals surface area contributed by atoms with Crippen LogP contribution < -0.4 is 14.8 Å². The number of thioether (sulfide) groups is 1. The van der Waals surface area contributed by atoms with Crippen molar-refractivity contribution < 1.29 is 19.1 Å². The van der Waals surface area contributed by atoms with Crippen LogP contribution in [0, 0.1) is 0 Å². The number of fused-ring (bicyclic) bond motifs is 3. The van der Waals surface area contributed by atoms with Crippen LogP contribution in [-0.2, 0) is 11.3 Å². The largest absolute Gasteiger partial charge is 0.493 e. The average molecular weight is 413 g/mol. The topological polar surface area (TPSA) is 67.9 Å². The summed E-state index contributed by atoms with van der Waals surface area (Å²) in [6.45, 7) is 4.38. The number of methoxy groups -OCH3 is 2. The molecule has 0 unspecified atom stereocenters. The molecule has 0 aliphatic carbocycles. The van der Waals surface area contributed by atoms with E-state index < -0.39 is 10.8 Å². The van der Waals surface area contributed by atoms with Crippen molar-refractivity contribution in [3.8, 4) is 11.5 Å². The molecule has 7 heteroatoms. The van der Waals surface area contributed by atoms with Crippen molar-refractivity contribution in [1.29, 1.82) is 0 Å². The summed E-state index contributed by atoms with van der Waals surface area (Å²) < 4.78 is 10.2. The van der Waals surface area contributed by atoms with E-state index in [0.29, 0.717) is 23.6 Å². The Hall–Kier alpha value is -2.67. The van der Waals surface area contributed by atoms with Crippen LogP contribution >= 0.6 is 11.8 Å². The van der Waals surface area contributed by atoms with Crippen molar-refractivity contribution in [3.63, 3.8) is 0 Å². The molecule has 29 heavy (non-hydrogen) atoms. The first-order valence-electron chi connectivity index (χ1n) is 9.45. The lowest BCUT2D eigenvalue weighted by Gasteiger charge is -2.29. The van der Waals surface area contributed by atoms with Crippen molar-refractivity contribution >= 4 is 23.6 Å². The average Bonchev–Trinajstić information content (AvgIpc) is 3.15. The molecule has 6 nitrogen and oxygen atoms in total. The fourth-order valence-corrected chi connectivity index (χ4v) is 5.67. The number of benzene rings is 2. The minimum absolute atomic E-state index is 0.0741. The van der Waals surface area contributed by atoms with Crippen molar-refractivity contribution in [2.45, 2.75) is 36.6 Å². The number of rotatable bonds is 5. The second kappa shape index (κ2) is 7.30. The van der Waals surface area contributed by atoms with Crippen molar-refractivity contribution in [2.75, 3.05) is 14.2 Å². The van der Waals surface area contributed by atoms with Crippen LogP contribution in [-0.4, -0.2) is 41.7 Å². The van der Waals surface area contributed by atoms with Crippen molar-refractivity contribution in [1.82, 2.24) is 10.2 Å². The molecule has 0 aromatic heterocycles. The number of ether oxygens (including phenoxy) is 2. The van der Waals surface area contributed by atoms with Crippen LogP contribution in [0.1, 0.15) is 40.7 Å². The molecule has 0 saturated carbocycles. The summed E-state index contributed by atoms with van der Waals surface area (Å²) in [5.41, 5.74) is 2.58. The van der Waals surface area contributed by atoms with Gasteiger partial charge in [0.05, 0.1) is 14.2 Å². The van der Waals surface area contributed by atoms with Gasteiger partial charge < -0.3 is 19.7 Å². The summed E-state index contributed by atoms with van der Waals surface area (Å²) in [4.78, 5) is 27.9. The zero-order valence-corrected chi connectivity index (χ0v) is 17.7. The van der Waals surface area contributed by atoms with Crippen LogP contribution in [0.3, 0.4) is 0 Å². The molecule has 0 radical (unpaired) electrons. The van der Waals surface area contributed by atoms with E-state index in [2.05, 4.69) is 5.32 Å². The molecule has 2 aliphatic heterocycles. The Bertz CT molecular complexity index is 975. The molecule has 2 heterocycles. The smallest absolute Gasteiger partial charge is 0.256 e. The molecule has 1 fully saturated rings. The Labute approximate surface area is 174 Å². The molecule has 4 rings (SSSR count). The minimum atomic E-state index is -0.544. The van der Waals surface area contributed by atoms with Gasteiger partial charge in [-0.2, -0.15) is 0 Å². The highest BCUT2D eigenvalue weighted by Gasteiger charge is 2.57. The molecular weight excluding hydrogens is 388 g/mol. The highest BCUT2D eigenvalue weighted by molar-refractivity contribution is 8.01. The van der Waals surface area contributed by atoms with E-state index in [1.54, 1.807) is 30.9 Å². The van der Waals surface area contributed by atoms with Crippen LogP contribution in [0.2, 0.25) is 0 Å². The third kappa shape index (κ3) is 3.23. The molecule has 2 amide bonds. The Morgan fingerprint density at radius 2 is 1.86 bits per heavy atom. The van der Waals surface area contributed by atoms with Gasteiger partial charge in [-0.15, -0.1) is 11.8 Å². The van der Waals surface area contributed by atoms with Gasteiger partial charge >= 0.3 is 0 Å². The molecule has 0 bridgehead atoms. The van der Waals surface area contributed by atoms with Gasteiger partial charge in [-0.25, -0.2) is 0 Å². The fourth-order valence-electron chi connectivity index (χ4n) is 4.08. The van der Waals surface area contributed by atoms with E-state index >= 15 is 0 Å². The summed E-state index contributed by atoms with van der Waals surface area (Å²) in [7, 11) is 3.16. The normalized spacial score (nSPS) is 21.5. The van der Waals surface area contributed by atoms with Gasteiger partial charge in [0, 0.05) is 16.9 Å². The molecule has 0 spiro atoms. The zero-order valence-electron chi connectivity index (χ0n) is 16.9. The third-order valence-corrected chi connectivity index (χ3v) is 6.99. The lowest BCUT2D eigenvalue weighted by Crippen LogP contribution is -2.52. The van der Waals surface area contributed by atoms with Crippen molar-refractivity contribution in [3.05, 3.63) is 59.2 Å². The van der Waals surface area contributed by atoms with Crippen LogP contribution in [0.15, 0.2) is 42.5 Å². The second-order valence-electron chi connectivity index (χ2n) is 7.68.